The van der Waals surface area contributed by atoms with Crippen molar-refractivity contribution in [3.8, 4) is 11.5 Å². The van der Waals surface area contributed by atoms with E-state index in [1.807, 2.05) is 12.1 Å². The van der Waals surface area contributed by atoms with Crippen molar-refractivity contribution < 1.29 is 9.47 Å². The first kappa shape index (κ1) is 11.3. The van der Waals surface area contributed by atoms with E-state index in [0.717, 1.165) is 24.5 Å². The Labute approximate surface area is 96.8 Å². The normalized spacial score (nSPS) is 22.7. The van der Waals surface area contributed by atoms with Crippen LogP contribution >= 0.6 is 0 Å². The Morgan fingerprint density at radius 2 is 2.19 bits per heavy atom. The highest BCUT2D eigenvalue weighted by Crippen LogP contribution is 2.43. The van der Waals surface area contributed by atoms with Gasteiger partial charge in [0.25, 0.3) is 0 Å². The van der Waals surface area contributed by atoms with Gasteiger partial charge in [-0.2, -0.15) is 0 Å². The average Bonchev–Trinajstić information content (AvgIpc) is 2.68. The lowest BCUT2D eigenvalue weighted by atomic mass is 10.0. The summed E-state index contributed by atoms with van der Waals surface area (Å²) >= 11 is 0. The van der Waals surface area contributed by atoms with Crippen molar-refractivity contribution in [3.05, 3.63) is 23.8 Å². The molecule has 2 unspecified atom stereocenters. The van der Waals surface area contributed by atoms with E-state index in [2.05, 4.69) is 25.2 Å². The number of likely N-dealkylation sites (N-methyl/N-ethyl adjacent to an activating group) is 1. The number of methoxy groups -OCH3 is 1. The van der Waals surface area contributed by atoms with Crippen LogP contribution in [0.5, 0.6) is 11.5 Å². The van der Waals surface area contributed by atoms with Crippen molar-refractivity contribution in [2.24, 2.45) is 0 Å². The number of ether oxygens (including phenoxy) is 2. The molecule has 0 saturated heterocycles. The Kier molecular flexibility index (Phi) is 3.34. The summed E-state index contributed by atoms with van der Waals surface area (Å²) in [6, 6.07) is 6.37. The maximum absolute atomic E-state index is 5.96. The maximum atomic E-state index is 5.96. The molecule has 2 rings (SSSR count). The molecule has 1 heterocycles. The molecule has 1 aliphatic heterocycles. The van der Waals surface area contributed by atoms with Gasteiger partial charge in [-0.3, -0.25) is 0 Å². The first-order chi connectivity index (χ1) is 7.81. The quantitative estimate of drug-likeness (QED) is 0.847. The predicted molar refractivity (Wildman–Crippen MR) is 64.1 cm³/mol. The van der Waals surface area contributed by atoms with Crippen molar-refractivity contribution in [1.29, 1.82) is 0 Å². The van der Waals surface area contributed by atoms with Crippen molar-refractivity contribution in [1.82, 2.24) is 5.32 Å². The van der Waals surface area contributed by atoms with E-state index in [-0.39, 0.29) is 6.10 Å². The summed E-state index contributed by atoms with van der Waals surface area (Å²) in [5, 5.41) is 3.47. The lowest BCUT2D eigenvalue weighted by Gasteiger charge is -2.17. The fraction of sp³-hybridized carbons (Fsp3) is 0.538. The number of hydrogen-bond donors (Lipinski definition) is 1. The third-order valence-electron chi connectivity index (χ3n) is 3.03. The van der Waals surface area contributed by atoms with E-state index in [4.69, 9.17) is 9.47 Å². The van der Waals surface area contributed by atoms with Crippen LogP contribution < -0.4 is 14.8 Å². The minimum atomic E-state index is 0.214. The van der Waals surface area contributed by atoms with E-state index < -0.39 is 0 Å². The monoisotopic (exact) mass is 221 g/mol. The minimum Gasteiger partial charge on any atom is -0.493 e. The number of hydrogen-bond acceptors (Lipinski definition) is 3. The molecular formula is C13H19NO2. The number of rotatable bonds is 4. The van der Waals surface area contributed by atoms with Crippen molar-refractivity contribution in [2.75, 3.05) is 13.7 Å². The number of nitrogens with one attached hydrogen (secondary N) is 1. The Morgan fingerprint density at radius 1 is 1.38 bits per heavy atom. The summed E-state index contributed by atoms with van der Waals surface area (Å²) in [6.45, 7) is 5.21. The van der Waals surface area contributed by atoms with Crippen LogP contribution in [0, 0.1) is 0 Å². The molecule has 1 N–H and O–H groups in total. The third kappa shape index (κ3) is 1.76. The maximum Gasteiger partial charge on any atom is 0.166 e. The second kappa shape index (κ2) is 4.74. The lowest BCUT2D eigenvalue weighted by Crippen LogP contribution is -2.30. The van der Waals surface area contributed by atoms with Crippen LogP contribution in [-0.4, -0.2) is 19.8 Å². The highest BCUT2D eigenvalue weighted by Gasteiger charge is 2.34. The molecule has 0 amide bonds. The molecule has 2 atom stereocenters. The van der Waals surface area contributed by atoms with Crippen molar-refractivity contribution in [3.63, 3.8) is 0 Å². The summed E-state index contributed by atoms with van der Waals surface area (Å²) in [5.41, 5.74) is 1.22. The molecule has 88 valence electrons. The highest BCUT2D eigenvalue weighted by molar-refractivity contribution is 5.51. The van der Waals surface area contributed by atoms with Gasteiger partial charge in [0.15, 0.2) is 11.5 Å². The Bertz CT molecular complexity index is 365. The van der Waals surface area contributed by atoms with Gasteiger partial charge < -0.3 is 14.8 Å². The van der Waals surface area contributed by atoms with Crippen LogP contribution in [0.25, 0.3) is 0 Å². The molecule has 0 spiro atoms. The molecule has 16 heavy (non-hydrogen) atoms. The number of fused-ring (bicyclic) bond motifs is 1. The molecule has 1 aliphatic rings. The van der Waals surface area contributed by atoms with Gasteiger partial charge in [0.05, 0.1) is 13.2 Å². The number of benzene rings is 1. The fourth-order valence-corrected chi connectivity index (χ4v) is 2.26. The summed E-state index contributed by atoms with van der Waals surface area (Å²) in [6.07, 6.45) is 1.21. The second-order valence-corrected chi connectivity index (χ2v) is 3.98. The summed E-state index contributed by atoms with van der Waals surface area (Å²) in [4.78, 5) is 0. The Balaban J connectivity index is 2.36. The van der Waals surface area contributed by atoms with Crippen molar-refractivity contribution in [2.45, 2.75) is 32.4 Å². The van der Waals surface area contributed by atoms with Gasteiger partial charge in [-0.1, -0.05) is 26.0 Å². The second-order valence-electron chi connectivity index (χ2n) is 3.98. The van der Waals surface area contributed by atoms with Gasteiger partial charge in [-0.05, 0) is 19.0 Å². The Morgan fingerprint density at radius 3 is 2.81 bits per heavy atom. The molecule has 0 fully saturated rings. The van der Waals surface area contributed by atoms with E-state index in [1.165, 1.54) is 5.56 Å². The zero-order valence-corrected chi connectivity index (χ0v) is 10.1. The molecule has 1 aromatic rings. The fourth-order valence-electron chi connectivity index (χ4n) is 2.26. The average molecular weight is 221 g/mol. The first-order valence-corrected chi connectivity index (χ1v) is 5.88. The molecule has 3 heteroatoms. The molecule has 0 aromatic heterocycles. The topological polar surface area (TPSA) is 30.5 Å². The van der Waals surface area contributed by atoms with Gasteiger partial charge in [0.1, 0.15) is 6.10 Å². The van der Waals surface area contributed by atoms with Gasteiger partial charge in [-0.15, -0.1) is 0 Å². The number of para-hydroxylation sites is 1. The molecule has 1 aromatic carbocycles. The van der Waals surface area contributed by atoms with Crippen LogP contribution in [0.1, 0.15) is 31.9 Å². The largest absolute Gasteiger partial charge is 0.493 e. The molecule has 0 bridgehead atoms. The third-order valence-corrected chi connectivity index (χ3v) is 3.03. The van der Waals surface area contributed by atoms with E-state index in [9.17, 15) is 0 Å². The summed E-state index contributed by atoms with van der Waals surface area (Å²) < 4.78 is 11.3. The zero-order valence-electron chi connectivity index (χ0n) is 10.1. The van der Waals surface area contributed by atoms with Gasteiger partial charge in [0.2, 0.25) is 0 Å². The lowest BCUT2D eigenvalue weighted by molar-refractivity contribution is 0.181. The molecular weight excluding hydrogens is 202 g/mol. The molecule has 0 aliphatic carbocycles. The van der Waals surface area contributed by atoms with Gasteiger partial charge in [0, 0.05) is 5.56 Å². The first-order valence-electron chi connectivity index (χ1n) is 5.88. The summed E-state index contributed by atoms with van der Waals surface area (Å²) in [7, 11) is 1.68. The smallest absolute Gasteiger partial charge is 0.166 e. The van der Waals surface area contributed by atoms with Crippen LogP contribution in [-0.2, 0) is 0 Å². The highest BCUT2D eigenvalue weighted by atomic mass is 16.5. The standard InChI is InChI=1S/C13H19NO2/c1-4-10-12(14-5-2)9-7-6-8-11(15-3)13(9)16-10/h6-8,10,12,14H,4-5H2,1-3H3. The molecule has 0 saturated carbocycles. The van der Waals surface area contributed by atoms with E-state index in [0.29, 0.717) is 6.04 Å². The van der Waals surface area contributed by atoms with Crippen LogP contribution in [0.15, 0.2) is 18.2 Å². The minimum absolute atomic E-state index is 0.214. The molecule has 0 radical (unpaired) electrons. The van der Waals surface area contributed by atoms with Crippen LogP contribution in [0.2, 0.25) is 0 Å². The van der Waals surface area contributed by atoms with Crippen LogP contribution in [0.3, 0.4) is 0 Å². The molecule has 3 nitrogen and oxygen atoms in total. The van der Waals surface area contributed by atoms with E-state index in [1.54, 1.807) is 7.11 Å². The van der Waals surface area contributed by atoms with E-state index >= 15 is 0 Å². The SMILES string of the molecule is CCNC1c2cccc(OC)c2OC1CC. The van der Waals surface area contributed by atoms with Gasteiger partial charge in [-0.25, -0.2) is 0 Å². The zero-order chi connectivity index (χ0) is 11.5. The van der Waals surface area contributed by atoms with Gasteiger partial charge >= 0.3 is 0 Å². The summed E-state index contributed by atoms with van der Waals surface area (Å²) in [5.74, 6) is 1.74. The van der Waals surface area contributed by atoms with Crippen molar-refractivity contribution >= 4 is 0 Å². The Hall–Kier alpha value is -1.22. The van der Waals surface area contributed by atoms with Crippen LogP contribution in [0.4, 0.5) is 0 Å². The predicted octanol–water partition coefficient (Wildman–Crippen LogP) is 2.52.